The number of para-hydroxylation sites is 1. The van der Waals surface area contributed by atoms with Crippen molar-refractivity contribution in [3.05, 3.63) is 54.1 Å². The lowest BCUT2D eigenvalue weighted by atomic mass is 9.90. The second-order valence-electron chi connectivity index (χ2n) is 6.58. The maximum Gasteiger partial charge on any atom is 0.348 e. The van der Waals surface area contributed by atoms with Crippen molar-refractivity contribution in [2.24, 2.45) is 0 Å². The number of carboxylic acids is 1. The third-order valence-electron chi connectivity index (χ3n) is 4.83. The number of nitrogens with zero attached hydrogens (tertiary/aromatic N) is 3. The minimum atomic E-state index is -1.15. The first-order valence-electron chi connectivity index (χ1n) is 8.56. The fourth-order valence-corrected chi connectivity index (χ4v) is 3.85. The summed E-state index contributed by atoms with van der Waals surface area (Å²) in [5, 5.41) is 9.76. The third kappa shape index (κ3) is 3.40. The summed E-state index contributed by atoms with van der Waals surface area (Å²) in [7, 11) is 0. The second kappa shape index (κ2) is 7.01. The molecule has 0 spiro atoms. The molecular formula is C19H19N3O3S. The summed E-state index contributed by atoms with van der Waals surface area (Å²) in [4.78, 5) is 14.2. The van der Waals surface area contributed by atoms with E-state index in [2.05, 4.69) is 25.8 Å². The number of fused-ring (bicyclic) bond motifs is 1. The fraction of sp³-hybridized carbons (Fsp3) is 0.316. The van der Waals surface area contributed by atoms with Crippen molar-refractivity contribution >= 4 is 28.7 Å². The van der Waals surface area contributed by atoms with Crippen LogP contribution in [0, 0.1) is 0 Å². The normalized spacial score (nSPS) is 17.2. The molecule has 1 aliphatic heterocycles. The zero-order chi connectivity index (χ0) is 18.0. The van der Waals surface area contributed by atoms with Crippen molar-refractivity contribution in [2.45, 2.75) is 25.0 Å². The Kier molecular flexibility index (Phi) is 4.57. The number of carbonyl (C=O) groups is 1. The molecule has 1 aliphatic rings. The highest BCUT2D eigenvalue weighted by atomic mass is 32.1. The molecule has 0 unspecified atom stereocenters. The van der Waals surface area contributed by atoms with Crippen LogP contribution < -0.4 is 4.74 Å². The SMILES string of the molecule is O=C(O)C1(Oc2ccccc2)CCN(Cc2ccc3nsnc3c2)CC1. The van der Waals surface area contributed by atoms with Gasteiger partial charge in [0.1, 0.15) is 16.8 Å². The number of carboxylic acid groups (broad SMARTS) is 1. The molecule has 1 saturated heterocycles. The number of benzene rings is 2. The van der Waals surface area contributed by atoms with Crippen LogP contribution in [0.2, 0.25) is 0 Å². The molecule has 3 aromatic rings. The number of likely N-dealkylation sites (tertiary alicyclic amines) is 1. The average molecular weight is 369 g/mol. The topological polar surface area (TPSA) is 75.6 Å². The fourth-order valence-electron chi connectivity index (χ4n) is 3.33. The van der Waals surface area contributed by atoms with Crippen molar-refractivity contribution in [1.82, 2.24) is 13.6 Å². The van der Waals surface area contributed by atoms with Crippen LogP contribution in [-0.4, -0.2) is 43.4 Å². The zero-order valence-corrected chi connectivity index (χ0v) is 15.0. The van der Waals surface area contributed by atoms with Crippen molar-refractivity contribution < 1.29 is 14.6 Å². The smallest absolute Gasteiger partial charge is 0.348 e. The Bertz CT molecular complexity index is 905. The highest BCUT2D eigenvalue weighted by Crippen LogP contribution is 2.30. The first-order valence-corrected chi connectivity index (χ1v) is 9.29. The second-order valence-corrected chi connectivity index (χ2v) is 7.11. The van der Waals surface area contributed by atoms with Gasteiger partial charge in [-0.1, -0.05) is 24.3 Å². The number of hydrogen-bond acceptors (Lipinski definition) is 6. The van der Waals surface area contributed by atoms with Gasteiger partial charge >= 0.3 is 5.97 Å². The Balaban J connectivity index is 1.43. The number of ether oxygens (including phenoxy) is 1. The summed E-state index contributed by atoms with van der Waals surface area (Å²) in [6, 6.07) is 15.3. The molecule has 2 heterocycles. The largest absolute Gasteiger partial charge is 0.478 e. The molecule has 6 nitrogen and oxygen atoms in total. The molecule has 0 amide bonds. The zero-order valence-electron chi connectivity index (χ0n) is 14.2. The Morgan fingerprint density at radius 2 is 1.85 bits per heavy atom. The van der Waals surface area contributed by atoms with Gasteiger partial charge in [0, 0.05) is 32.5 Å². The molecule has 0 radical (unpaired) electrons. The molecule has 1 aromatic heterocycles. The lowest BCUT2D eigenvalue weighted by molar-refractivity contribution is -0.159. The molecule has 4 rings (SSSR count). The van der Waals surface area contributed by atoms with Crippen LogP contribution in [0.25, 0.3) is 11.0 Å². The van der Waals surface area contributed by atoms with E-state index in [4.69, 9.17) is 4.74 Å². The van der Waals surface area contributed by atoms with E-state index in [1.807, 2.05) is 24.3 Å². The summed E-state index contributed by atoms with van der Waals surface area (Å²) in [6.45, 7) is 2.12. The number of rotatable bonds is 5. The maximum atomic E-state index is 11.9. The van der Waals surface area contributed by atoms with Gasteiger partial charge in [-0.3, -0.25) is 4.90 Å². The van der Waals surface area contributed by atoms with Gasteiger partial charge in [0.25, 0.3) is 0 Å². The van der Waals surface area contributed by atoms with E-state index in [0.29, 0.717) is 31.7 Å². The molecule has 0 saturated carbocycles. The minimum Gasteiger partial charge on any atom is -0.478 e. The molecule has 1 fully saturated rings. The molecular weight excluding hydrogens is 350 g/mol. The van der Waals surface area contributed by atoms with Crippen LogP contribution in [0.15, 0.2) is 48.5 Å². The number of aliphatic carboxylic acids is 1. The quantitative estimate of drug-likeness (QED) is 0.744. The molecule has 134 valence electrons. The van der Waals surface area contributed by atoms with Crippen molar-refractivity contribution in [3.8, 4) is 5.75 Å². The van der Waals surface area contributed by atoms with Gasteiger partial charge in [0.2, 0.25) is 5.60 Å². The summed E-state index contributed by atoms with van der Waals surface area (Å²) in [5.74, 6) is -0.291. The lowest BCUT2D eigenvalue weighted by Crippen LogP contribution is -2.53. The van der Waals surface area contributed by atoms with Gasteiger partial charge in [-0.25, -0.2) is 4.79 Å². The first-order chi connectivity index (χ1) is 12.6. The van der Waals surface area contributed by atoms with Gasteiger partial charge in [0.05, 0.1) is 11.7 Å². The summed E-state index contributed by atoms with van der Waals surface area (Å²) >= 11 is 1.22. The van der Waals surface area contributed by atoms with E-state index in [1.165, 1.54) is 11.7 Å². The Morgan fingerprint density at radius 1 is 1.12 bits per heavy atom. The summed E-state index contributed by atoms with van der Waals surface area (Å²) < 4.78 is 14.4. The highest BCUT2D eigenvalue weighted by Gasteiger charge is 2.44. The van der Waals surface area contributed by atoms with Gasteiger partial charge in [-0.05, 0) is 29.8 Å². The highest BCUT2D eigenvalue weighted by molar-refractivity contribution is 7.00. The van der Waals surface area contributed by atoms with E-state index in [9.17, 15) is 9.90 Å². The van der Waals surface area contributed by atoms with E-state index in [0.717, 1.165) is 23.1 Å². The van der Waals surface area contributed by atoms with Crippen LogP contribution >= 0.6 is 11.7 Å². The van der Waals surface area contributed by atoms with Crippen molar-refractivity contribution in [3.63, 3.8) is 0 Å². The van der Waals surface area contributed by atoms with Crippen LogP contribution in [0.4, 0.5) is 0 Å². The summed E-state index contributed by atoms with van der Waals surface area (Å²) in [6.07, 6.45) is 0.912. The molecule has 26 heavy (non-hydrogen) atoms. The molecule has 2 aromatic carbocycles. The van der Waals surface area contributed by atoms with Crippen molar-refractivity contribution in [1.29, 1.82) is 0 Å². The van der Waals surface area contributed by atoms with Crippen LogP contribution in [0.5, 0.6) is 5.75 Å². The van der Waals surface area contributed by atoms with Gasteiger partial charge in [0.15, 0.2) is 0 Å². The monoisotopic (exact) mass is 369 g/mol. The molecule has 7 heteroatoms. The minimum absolute atomic E-state index is 0.456. The van der Waals surface area contributed by atoms with E-state index in [-0.39, 0.29) is 0 Å². The van der Waals surface area contributed by atoms with Crippen LogP contribution in [0.3, 0.4) is 0 Å². The number of hydrogen-bond donors (Lipinski definition) is 1. The Hall–Kier alpha value is -2.51. The van der Waals surface area contributed by atoms with E-state index in [1.54, 1.807) is 12.1 Å². The van der Waals surface area contributed by atoms with Crippen molar-refractivity contribution in [2.75, 3.05) is 13.1 Å². The van der Waals surface area contributed by atoms with Gasteiger partial charge < -0.3 is 9.84 Å². The Labute approximate surface area is 155 Å². The predicted octanol–water partition coefficient (Wildman–Crippen LogP) is 3.19. The third-order valence-corrected chi connectivity index (χ3v) is 5.39. The standard InChI is InChI=1S/C19H19N3O3S/c23-18(24)19(25-15-4-2-1-3-5-15)8-10-22(11-9-19)13-14-6-7-16-17(12-14)21-26-20-16/h1-7,12H,8-11,13H2,(H,23,24). The van der Waals surface area contributed by atoms with Crippen LogP contribution in [-0.2, 0) is 11.3 Å². The van der Waals surface area contributed by atoms with Gasteiger partial charge in [-0.2, -0.15) is 8.75 Å². The lowest BCUT2D eigenvalue weighted by Gasteiger charge is -2.38. The van der Waals surface area contributed by atoms with E-state index >= 15 is 0 Å². The molecule has 0 aliphatic carbocycles. The maximum absolute atomic E-state index is 11.9. The van der Waals surface area contributed by atoms with Gasteiger partial charge in [-0.15, -0.1) is 0 Å². The molecule has 0 bridgehead atoms. The predicted molar refractivity (Wildman–Crippen MR) is 99.4 cm³/mol. The number of piperidine rings is 1. The first kappa shape index (κ1) is 16.9. The Morgan fingerprint density at radius 3 is 2.58 bits per heavy atom. The van der Waals surface area contributed by atoms with E-state index < -0.39 is 11.6 Å². The van der Waals surface area contributed by atoms with Crippen LogP contribution in [0.1, 0.15) is 18.4 Å². The summed E-state index contributed by atoms with van der Waals surface area (Å²) in [5.41, 5.74) is 1.84. The molecule has 1 N–H and O–H groups in total. The number of aromatic nitrogens is 2. The average Bonchev–Trinajstić information content (AvgIpc) is 3.12. The molecule has 0 atom stereocenters.